The van der Waals surface area contributed by atoms with Crippen molar-refractivity contribution in [2.24, 2.45) is 0 Å². The molecular formula is C14H11Br2I. The fourth-order valence-electron chi connectivity index (χ4n) is 1.69. The zero-order chi connectivity index (χ0) is 12.3. The highest BCUT2D eigenvalue weighted by atomic mass is 127. The van der Waals surface area contributed by atoms with Gasteiger partial charge < -0.3 is 0 Å². The first-order chi connectivity index (χ1) is 8.16. The Kier molecular flexibility index (Phi) is 5.06. The molecule has 2 aromatic carbocycles. The second kappa shape index (κ2) is 6.34. The van der Waals surface area contributed by atoms with E-state index in [1.807, 2.05) is 0 Å². The first-order valence-corrected chi connectivity index (χ1v) is 8.08. The fourth-order valence-corrected chi connectivity index (χ4v) is 3.96. The zero-order valence-corrected chi connectivity index (χ0v) is 14.4. The van der Waals surface area contributed by atoms with Crippen LogP contribution in [0.15, 0.2) is 53.0 Å². The van der Waals surface area contributed by atoms with E-state index >= 15 is 0 Å². The van der Waals surface area contributed by atoms with Gasteiger partial charge >= 0.3 is 0 Å². The van der Waals surface area contributed by atoms with Gasteiger partial charge in [-0.1, -0.05) is 62.2 Å². The number of hydrogen-bond acceptors (Lipinski definition) is 0. The minimum Gasteiger partial charge on any atom is -0.0835 e. The molecule has 0 aliphatic rings. The smallest absolute Gasteiger partial charge is 0.0446 e. The number of halogens is 3. The van der Waals surface area contributed by atoms with Crippen LogP contribution in [0.1, 0.15) is 16.0 Å². The third-order valence-corrected chi connectivity index (χ3v) is 4.85. The molecule has 2 rings (SSSR count). The maximum Gasteiger partial charge on any atom is 0.0446 e. The van der Waals surface area contributed by atoms with Crippen LogP contribution in [0.4, 0.5) is 0 Å². The van der Waals surface area contributed by atoms with E-state index in [4.69, 9.17) is 0 Å². The molecule has 1 unspecified atom stereocenters. The summed E-state index contributed by atoms with van der Waals surface area (Å²) in [5, 5.41) is 0. The molecular weight excluding hydrogens is 455 g/mol. The van der Waals surface area contributed by atoms with Crippen LogP contribution in [0, 0.1) is 3.57 Å². The lowest BCUT2D eigenvalue weighted by atomic mass is 10.0. The van der Waals surface area contributed by atoms with Crippen molar-refractivity contribution in [2.75, 3.05) is 0 Å². The van der Waals surface area contributed by atoms with Gasteiger partial charge in [0.25, 0.3) is 0 Å². The average Bonchev–Trinajstić information content (AvgIpc) is 2.33. The molecule has 0 amide bonds. The van der Waals surface area contributed by atoms with Crippen LogP contribution in [0.2, 0.25) is 0 Å². The highest BCUT2D eigenvalue weighted by Gasteiger charge is 2.12. The van der Waals surface area contributed by atoms with E-state index in [1.165, 1.54) is 14.7 Å². The Morgan fingerprint density at radius 1 is 1.06 bits per heavy atom. The van der Waals surface area contributed by atoms with Crippen molar-refractivity contribution in [2.45, 2.75) is 11.2 Å². The summed E-state index contributed by atoms with van der Waals surface area (Å²) in [7, 11) is 0. The van der Waals surface area contributed by atoms with Gasteiger partial charge in [-0.3, -0.25) is 0 Å². The molecule has 0 aliphatic carbocycles. The van der Waals surface area contributed by atoms with Gasteiger partial charge in [0.15, 0.2) is 0 Å². The number of hydrogen-bond donors (Lipinski definition) is 0. The summed E-state index contributed by atoms with van der Waals surface area (Å²) in [4.78, 5) is 0.356. The summed E-state index contributed by atoms with van der Waals surface area (Å²) in [6.07, 6.45) is 1.01. The largest absolute Gasteiger partial charge is 0.0835 e. The van der Waals surface area contributed by atoms with Crippen molar-refractivity contribution in [3.63, 3.8) is 0 Å². The minimum atomic E-state index is 0.356. The Bertz CT molecular complexity index is 497. The quantitative estimate of drug-likeness (QED) is 0.401. The molecule has 0 aromatic heterocycles. The first kappa shape index (κ1) is 13.6. The number of alkyl halides is 1. The van der Waals surface area contributed by atoms with Gasteiger partial charge in [-0.15, -0.1) is 0 Å². The summed E-state index contributed by atoms with van der Waals surface area (Å²) >= 11 is 9.69. The Balaban J connectivity index is 2.20. The van der Waals surface area contributed by atoms with Crippen molar-refractivity contribution in [3.8, 4) is 0 Å². The van der Waals surface area contributed by atoms with E-state index in [-0.39, 0.29) is 0 Å². The molecule has 1 atom stereocenters. The topological polar surface area (TPSA) is 0 Å². The van der Waals surface area contributed by atoms with Crippen LogP contribution in [0.3, 0.4) is 0 Å². The maximum absolute atomic E-state index is 3.78. The lowest BCUT2D eigenvalue weighted by molar-refractivity contribution is 0.942. The third kappa shape index (κ3) is 3.80. The fraction of sp³-hybridized carbons (Fsp3) is 0.143. The highest BCUT2D eigenvalue weighted by molar-refractivity contribution is 14.1. The lowest BCUT2D eigenvalue weighted by Crippen LogP contribution is -1.98. The monoisotopic (exact) mass is 464 g/mol. The van der Waals surface area contributed by atoms with Crippen molar-refractivity contribution in [1.82, 2.24) is 0 Å². The van der Waals surface area contributed by atoms with Crippen molar-refractivity contribution < 1.29 is 0 Å². The van der Waals surface area contributed by atoms with Crippen LogP contribution in [-0.2, 0) is 6.42 Å². The van der Waals surface area contributed by atoms with Crippen molar-refractivity contribution >= 4 is 54.5 Å². The molecule has 0 bridgehead atoms. The van der Waals surface area contributed by atoms with Gasteiger partial charge in [0.1, 0.15) is 0 Å². The van der Waals surface area contributed by atoms with Crippen LogP contribution < -0.4 is 0 Å². The standard InChI is InChI=1S/C14H11Br2I/c15-11-6-7-14(17)12(9-11)13(16)8-10-4-2-1-3-5-10/h1-7,9,13H,8H2. The van der Waals surface area contributed by atoms with E-state index in [1.54, 1.807) is 0 Å². The summed E-state index contributed by atoms with van der Waals surface area (Å²) in [5.74, 6) is 0. The second-order valence-corrected chi connectivity index (χ2v) is 7.01. The predicted molar refractivity (Wildman–Crippen MR) is 88.7 cm³/mol. The van der Waals surface area contributed by atoms with Gasteiger partial charge in [0.05, 0.1) is 0 Å². The molecule has 0 spiro atoms. The van der Waals surface area contributed by atoms with E-state index < -0.39 is 0 Å². The predicted octanol–water partition coefficient (Wildman–Crippen LogP) is 5.73. The van der Waals surface area contributed by atoms with Crippen molar-refractivity contribution in [1.29, 1.82) is 0 Å². The zero-order valence-electron chi connectivity index (χ0n) is 9.04. The molecule has 0 fully saturated rings. The summed E-state index contributed by atoms with van der Waals surface area (Å²) in [5.41, 5.74) is 2.69. The van der Waals surface area contributed by atoms with E-state index in [2.05, 4.69) is 103 Å². The highest BCUT2D eigenvalue weighted by Crippen LogP contribution is 2.32. The molecule has 88 valence electrons. The number of benzene rings is 2. The minimum absolute atomic E-state index is 0.356. The van der Waals surface area contributed by atoms with Gasteiger partial charge in [0.2, 0.25) is 0 Å². The SMILES string of the molecule is Brc1ccc(I)c(C(Br)Cc2ccccc2)c1. The van der Waals surface area contributed by atoms with Crippen molar-refractivity contribution in [3.05, 3.63) is 67.7 Å². The summed E-state index contributed by atoms with van der Waals surface area (Å²) in [6.45, 7) is 0. The summed E-state index contributed by atoms with van der Waals surface area (Å²) in [6, 6.07) is 17.0. The molecule has 0 aliphatic heterocycles. The van der Waals surface area contributed by atoms with Crippen LogP contribution in [0.25, 0.3) is 0 Å². The Morgan fingerprint density at radius 2 is 1.76 bits per heavy atom. The molecule has 0 radical (unpaired) electrons. The Labute approximate surface area is 132 Å². The normalized spacial score (nSPS) is 12.4. The van der Waals surface area contributed by atoms with Crippen LogP contribution >= 0.6 is 54.5 Å². The molecule has 0 N–H and O–H groups in total. The van der Waals surface area contributed by atoms with Gasteiger partial charge in [-0.2, -0.15) is 0 Å². The lowest BCUT2D eigenvalue weighted by Gasteiger charge is -2.13. The van der Waals surface area contributed by atoms with Gasteiger partial charge in [-0.25, -0.2) is 0 Å². The number of rotatable bonds is 3. The summed E-state index contributed by atoms with van der Waals surface area (Å²) < 4.78 is 2.43. The average molecular weight is 466 g/mol. The molecule has 0 heterocycles. The van der Waals surface area contributed by atoms with Gasteiger partial charge in [-0.05, 0) is 58.3 Å². The molecule has 0 saturated carbocycles. The molecule has 0 saturated heterocycles. The first-order valence-electron chi connectivity index (χ1n) is 5.30. The molecule has 17 heavy (non-hydrogen) atoms. The van der Waals surface area contributed by atoms with Crippen LogP contribution in [0.5, 0.6) is 0 Å². The Hall–Kier alpha value is 0.130. The van der Waals surface area contributed by atoms with Crippen LogP contribution in [-0.4, -0.2) is 0 Å². The molecule has 3 heteroatoms. The van der Waals surface area contributed by atoms with E-state index in [9.17, 15) is 0 Å². The second-order valence-electron chi connectivity index (χ2n) is 3.82. The van der Waals surface area contributed by atoms with Gasteiger partial charge in [0, 0.05) is 12.9 Å². The maximum atomic E-state index is 3.78. The van der Waals surface area contributed by atoms with E-state index in [0.717, 1.165) is 10.9 Å². The Morgan fingerprint density at radius 3 is 2.47 bits per heavy atom. The third-order valence-electron chi connectivity index (χ3n) is 2.55. The molecule has 2 aromatic rings. The van der Waals surface area contributed by atoms with E-state index in [0.29, 0.717) is 4.83 Å². The molecule has 0 nitrogen and oxygen atoms in total.